The van der Waals surface area contributed by atoms with Gasteiger partial charge in [0.25, 0.3) is 11.8 Å². The predicted octanol–water partition coefficient (Wildman–Crippen LogP) is 2.43. The molecule has 1 aromatic carbocycles. The van der Waals surface area contributed by atoms with Crippen molar-refractivity contribution in [3.8, 4) is 5.75 Å². The molecule has 1 atom stereocenters. The summed E-state index contributed by atoms with van der Waals surface area (Å²) in [5.74, 6) is -0.508. The van der Waals surface area contributed by atoms with E-state index in [0.717, 1.165) is 6.42 Å². The van der Waals surface area contributed by atoms with Crippen LogP contribution in [-0.2, 0) is 9.59 Å². The highest BCUT2D eigenvalue weighted by Gasteiger charge is 2.25. The first-order valence-electron chi connectivity index (χ1n) is 6.75. The molecule has 2 rings (SSSR count). The summed E-state index contributed by atoms with van der Waals surface area (Å²) in [7, 11) is 0. The lowest BCUT2D eigenvalue weighted by molar-refractivity contribution is -0.123. The number of amides is 2. The first-order valence-corrected chi connectivity index (χ1v) is 7.54. The van der Waals surface area contributed by atoms with Crippen LogP contribution in [0.1, 0.15) is 25.8 Å². The van der Waals surface area contributed by atoms with Gasteiger partial charge in [-0.05, 0) is 49.3 Å². The van der Waals surface area contributed by atoms with Crippen molar-refractivity contribution >= 4 is 46.8 Å². The second-order valence-corrected chi connectivity index (χ2v) is 5.64. The molecule has 116 valence electrons. The molecule has 5 nitrogen and oxygen atoms in total. The van der Waals surface area contributed by atoms with Crippen LogP contribution in [0.3, 0.4) is 0 Å². The van der Waals surface area contributed by atoms with Crippen LogP contribution in [0.25, 0.3) is 6.08 Å². The maximum absolute atomic E-state index is 11.8. The summed E-state index contributed by atoms with van der Waals surface area (Å²) in [5.41, 5.74) is 0.592. The maximum atomic E-state index is 11.8. The number of thiocarbonyl (C=S) groups is 1. The molecule has 1 aliphatic rings. The summed E-state index contributed by atoms with van der Waals surface area (Å²) in [6, 6.07) is 5.08. The van der Waals surface area contributed by atoms with Crippen LogP contribution in [0.5, 0.6) is 5.75 Å². The first-order chi connectivity index (χ1) is 10.4. The van der Waals surface area contributed by atoms with Crippen molar-refractivity contribution in [3.63, 3.8) is 0 Å². The lowest BCUT2D eigenvalue weighted by Crippen LogP contribution is -2.51. The number of carbonyl (C=O) groups is 2. The van der Waals surface area contributed by atoms with E-state index in [-0.39, 0.29) is 16.8 Å². The highest BCUT2D eigenvalue weighted by atomic mass is 35.5. The van der Waals surface area contributed by atoms with Gasteiger partial charge in [-0.2, -0.15) is 0 Å². The topological polar surface area (TPSA) is 67.4 Å². The third kappa shape index (κ3) is 3.84. The van der Waals surface area contributed by atoms with Gasteiger partial charge in [-0.25, -0.2) is 0 Å². The largest absolute Gasteiger partial charge is 0.489 e. The van der Waals surface area contributed by atoms with Gasteiger partial charge >= 0.3 is 0 Å². The summed E-state index contributed by atoms with van der Waals surface area (Å²) in [6.45, 7) is 3.97. The number of ether oxygens (including phenoxy) is 1. The zero-order chi connectivity index (χ0) is 16.3. The van der Waals surface area contributed by atoms with Crippen LogP contribution in [0.4, 0.5) is 0 Å². The van der Waals surface area contributed by atoms with E-state index >= 15 is 0 Å². The third-order valence-corrected chi connectivity index (χ3v) is 3.61. The number of hydrogen-bond donors (Lipinski definition) is 2. The molecule has 0 radical (unpaired) electrons. The second-order valence-electron chi connectivity index (χ2n) is 4.82. The minimum atomic E-state index is -0.537. The van der Waals surface area contributed by atoms with Crippen LogP contribution in [0, 0.1) is 0 Å². The van der Waals surface area contributed by atoms with Crippen LogP contribution < -0.4 is 15.4 Å². The van der Waals surface area contributed by atoms with Crippen molar-refractivity contribution < 1.29 is 14.3 Å². The fourth-order valence-corrected chi connectivity index (χ4v) is 2.19. The van der Waals surface area contributed by atoms with Crippen molar-refractivity contribution in [3.05, 3.63) is 34.4 Å². The van der Waals surface area contributed by atoms with E-state index < -0.39 is 11.8 Å². The number of hydrogen-bond acceptors (Lipinski definition) is 4. The number of nitrogens with one attached hydrogen (secondary N) is 2. The van der Waals surface area contributed by atoms with E-state index in [2.05, 4.69) is 10.6 Å². The van der Waals surface area contributed by atoms with E-state index in [1.807, 2.05) is 13.8 Å². The number of halogens is 1. The number of rotatable bonds is 4. The van der Waals surface area contributed by atoms with E-state index in [9.17, 15) is 9.59 Å². The van der Waals surface area contributed by atoms with Crippen molar-refractivity contribution in [1.82, 2.24) is 10.6 Å². The van der Waals surface area contributed by atoms with Gasteiger partial charge in [-0.3, -0.25) is 20.2 Å². The molecule has 0 saturated carbocycles. The fraction of sp³-hybridized carbons (Fsp3) is 0.267. The van der Waals surface area contributed by atoms with Gasteiger partial charge in [0.15, 0.2) is 5.11 Å². The molecule has 0 unspecified atom stereocenters. The lowest BCUT2D eigenvalue weighted by atomic mass is 10.1. The Morgan fingerprint density at radius 3 is 2.50 bits per heavy atom. The quantitative estimate of drug-likeness (QED) is 0.502. The molecule has 0 spiro atoms. The van der Waals surface area contributed by atoms with Gasteiger partial charge in [0.1, 0.15) is 11.3 Å². The smallest absolute Gasteiger partial charge is 0.263 e. The normalized spacial score (nSPS) is 16.0. The number of carbonyl (C=O) groups excluding carboxylic acids is 2. The van der Waals surface area contributed by atoms with Crippen molar-refractivity contribution in [1.29, 1.82) is 0 Å². The Morgan fingerprint density at radius 1 is 1.32 bits per heavy atom. The van der Waals surface area contributed by atoms with Gasteiger partial charge in [-0.1, -0.05) is 24.6 Å². The molecular formula is C15H15ClN2O3S. The van der Waals surface area contributed by atoms with Crippen molar-refractivity contribution in [2.24, 2.45) is 0 Å². The third-order valence-electron chi connectivity index (χ3n) is 3.11. The minimum Gasteiger partial charge on any atom is -0.489 e. The van der Waals surface area contributed by atoms with Crippen LogP contribution >= 0.6 is 23.8 Å². The fourth-order valence-electron chi connectivity index (χ4n) is 1.78. The van der Waals surface area contributed by atoms with E-state index in [1.165, 1.54) is 6.08 Å². The summed E-state index contributed by atoms with van der Waals surface area (Å²) >= 11 is 10.9. The summed E-state index contributed by atoms with van der Waals surface area (Å²) in [6.07, 6.45) is 2.37. The molecule has 0 aliphatic carbocycles. The average Bonchev–Trinajstić information content (AvgIpc) is 2.45. The standard InChI is InChI=1S/C15H15ClN2O3S/c1-3-8(2)21-12-5-4-9(7-11(12)16)6-10-13(19)17-15(22)18-14(10)20/h4-8H,3H2,1-2H3,(H2,17,18,19,20,22)/t8-/m1/s1. The molecule has 1 saturated heterocycles. The highest BCUT2D eigenvalue weighted by molar-refractivity contribution is 7.80. The van der Waals surface area contributed by atoms with Gasteiger partial charge in [0, 0.05) is 0 Å². The van der Waals surface area contributed by atoms with E-state index in [4.69, 9.17) is 28.6 Å². The average molecular weight is 339 g/mol. The van der Waals surface area contributed by atoms with E-state index in [0.29, 0.717) is 16.3 Å². The Bertz CT molecular complexity index is 651. The summed E-state index contributed by atoms with van der Waals surface area (Å²) in [4.78, 5) is 23.5. The molecule has 1 aliphatic heterocycles. The molecule has 2 N–H and O–H groups in total. The monoisotopic (exact) mass is 338 g/mol. The van der Waals surface area contributed by atoms with Crippen molar-refractivity contribution in [2.75, 3.05) is 0 Å². The molecule has 7 heteroatoms. The molecule has 1 aromatic rings. The molecular weight excluding hydrogens is 324 g/mol. The van der Waals surface area contributed by atoms with Gasteiger partial charge in [-0.15, -0.1) is 0 Å². The molecule has 1 fully saturated rings. The molecule has 22 heavy (non-hydrogen) atoms. The molecule has 2 amide bonds. The Kier molecular flexibility index (Phi) is 5.15. The second kappa shape index (κ2) is 6.89. The first kappa shape index (κ1) is 16.5. The van der Waals surface area contributed by atoms with Gasteiger partial charge in [0.05, 0.1) is 11.1 Å². The maximum Gasteiger partial charge on any atom is 0.263 e. The summed E-state index contributed by atoms with van der Waals surface area (Å²) < 4.78 is 5.67. The van der Waals surface area contributed by atoms with Crippen molar-refractivity contribution in [2.45, 2.75) is 26.4 Å². The minimum absolute atomic E-state index is 0.00230. The molecule has 1 heterocycles. The number of benzene rings is 1. The van der Waals surface area contributed by atoms with Crippen LogP contribution in [0.15, 0.2) is 23.8 Å². The Labute approximate surface area is 138 Å². The Morgan fingerprint density at radius 2 is 1.95 bits per heavy atom. The highest BCUT2D eigenvalue weighted by Crippen LogP contribution is 2.27. The predicted molar refractivity (Wildman–Crippen MR) is 88.7 cm³/mol. The zero-order valence-corrected chi connectivity index (χ0v) is 13.7. The van der Waals surface area contributed by atoms with Crippen LogP contribution in [0.2, 0.25) is 5.02 Å². The SMILES string of the molecule is CC[C@@H](C)Oc1ccc(C=C2C(=O)NC(=S)NC2=O)cc1Cl. The van der Waals surface area contributed by atoms with E-state index in [1.54, 1.807) is 18.2 Å². The molecule has 0 aromatic heterocycles. The molecule has 0 bridgehead atoms. The Hall–Kier alpha value is -1.92. The lowest BCUT2D eigenvalue weighted by Gasteiger charge is -2.17. The van der Waals surface area contributed by atoms with Gasteiger partial charge in [0.2, 0.25) is 0 Å². The van der Waals surface area contributed by atoms with Gasteiger partial charge < -0.3 is 4.74 Å². The Balaban J connectivity index is 2.25. The zero-order valence-electron chi connectivity index (χ0n) is 12.1. The summed E-state index contributed by atoms with van der Waals surface area (Å²) in [5, 5.41) is 5.17. The van der Waals surface area contributed by atoms with Crippen LogP contribution in [-0.4, -0.2) is 23.0 Å².